The van der Waals surface area contributed by atoms with E-state index in [0.29, 0.717) is 5.56 Å². The molecule has 0 aliphatic rings. The Hall–Kier alpha value is -3.39. The van der Waals surface area contributed by atoms with E-state index in [1.54, 1.807) is 6.20 Å². The summed E-state index contributed by atoms with van der Waals surface area (Å²) in [5.74, 6) is 0. The van der Waals surface area contributed by atoms with Crippen LogP contribution in [0.5, 0.6) is 0 Å². The van der Waals surface area contributed by atoms with E-state index in [9.17, 15) is 0 Å². The van der Waals surface area contributed by atoms with E-state index in [1.807, 2.05) is 42.9 Å². The maximum atomic E-state index is 8.88. The number of nitriles is 1. The van der Waals surface area contributed by atoms with Crippen LogP contribution >= 0.6 is 0 Å². The fourth-order valence-corrected chi connectivity index (χ4v) is 2.54. The van der Waals surface area contributed by atoms with Gasteiger partial charge in [0, 0.05) is 40.7 Å². The Bertz CT molecular complexity index is 972. The van der Waals surface area contributed by atoms with Crippen LogP contribution in [-0.2, 0) is 0 Å². The van der Waals surface area contributed by atoms with Crippen molar-refractivity contribution < 1.29 is 0 Å². The van der Waals surface area contributed by atoms with E-state index < -0.39 is 0 Å². The smallest absolute Gasteiger partial charge is 0.137 e. The molecule has 3 aromatic heterocycles. The van der Waals surface area contributed by atoms with E-state index in [-0.39, 0.29) is 0 Å². The van der Waals surface area contributed by atoms with Crippen LogP contribution in [0.15, 0.2) is 55.1 Å². The molecular formula is C17H11N5. The molecule has 0 atom stereocenters. The number of hydrogen-bond donors (Lipinski definition) is 2. The summed E-state index contributed by atoms with van der Waals surface area (Å²) in [5, 5.41) is 16.7. The molecule has 0 aliphatic carbocycles. The summed E-state index contributed by atoms with van der Waals surface area (Å²) in [7, 11) is 0. The average Bonchev–Trinajstić information content (AvgIpc) is 3.23. The van der Waals surface area contributed by atoms with Gasteiger partial charge in [-0.1, -0.05) is 12.1 Å². The zero-order chi connectivity index (χ0) is 14.9. The lowest BCUT2D eigenvalue weighted by molar-refractivity contribution is 1.09. The molecule has 5 nitrogen and oxygen atoms in total. The highest BCUT2D eigenvalue weighted by Gasteiger charge is 2.09. The molecular weight excluding hydrogens is 274 g/mol. The normalized spacial score (nSPS) is 10.7. The van der Waals surface area contributed by atoms with Gasteiger partial charge in [0.1, 0.15) is 5.65 Å². The second-order valence-corrected chi connectivity index (χ2v) is 5.00. The van der Waals surface area contributed by atoms with Crippen molar-refractivity contribution in [1.29, 1.82) is 5.26 Å². The molecule has 0 unspecified atom stereocenters. The molecule has 4 aromatic rings. The number of benzene rings is 1. The first-order chi connectivity index (χ1) is 10.8. The molecule has 0 spiro atoms. The third-order valence-electron chi connectivity index (χ3n) is 3.69. The lowest BCUT2D eigenvalue weighted by Gasteiger charge is -2.02. The third kappa shape index (κ3) is 1.95. The van der Waals surface area contributed by atoms with Crippen LogP contribution < -0.4 is 0 Å². The quantitative estimate of drug-likeness (QED) is 0.591. The molecule has 0 bridgehead atoms. The number of aromatic amines is 2. The minimum atomic E-state index is 0.651. The largest absolute Gasteiger partial charge is 0.346 e. The highest BCUT2D eigenvalue weighted by Crippen LogP contribution is 2.30. The standard InChI is InChI=1S/C17H11N5/c18-6-11-1-3-12(4-2-11)13-5-15-16(14-8-21-22-9-14)10-20-17(15)19-7-13/h1-5,7-10H,(H,19,20)(H,21,22). The molecule has 3 heterocycles. The molecule has 0 aliphatic heterocycles. The van der Waals surface area contributed by atoms with E-state index >= 15 is 0 Å². The Balaban J connectivity index is 1.86. The van der Waals surface area contributed by atoms with E-state index in [1.165, 1.54) is 0 Å². The molecule has 0 amide bonds. The lowest BCUT2D eigenvalue weighted by Crippen LogP contribution is -1.83. The summed E-state index contributed by atoms with van der Waals surface area (Å²) in [5.41, 5.74) is 5.62. The van der Waals surface area contributed by atoms with Gasteiger partial charge in [-0.05, 0) is 23.8 Å². The van der Waals surface area contributed by atoms with Crippen LogP contribution in [0, 0.1) is 11.3 Å². The summed E-state index contributed by atoms with van der Waals surface area (Å²) < 4.78 is 0. The Morgan fingerprint density at radius 2 is 1.82 bits per heavy atom. The van der Waals surface area contributed by atoms with Gasteiger partial charge >= 0.3 is 0 Å². The molecule has 2 N–H and O–H groups in total. The number of hydrogen-bond acceptors (Lipinski definition) is 3. The van der Waals surface area contributed by atoms with Gasteiger partial charge < -0.3 is 4.98 Å². The van der Waals surface area contributed by atoms with Crippen LogP contribution in [0.3, 0.4) is 0 Å². The van der Waals surface area contributed by atoms with Crippen molar-refractivity contribution in [2.45, 2.75) is 0 Å². The van der Waals surface area contributed by atoms with Gasteiger partial charge in [0.2, 0.25) is 0 Å². The average molecular weight is 285 g/mol. The van der Waals surface area contributed by atoms with Gasteiger partial charge in [0.15, 0.2) is 0 Å². The van der Waals surface area contributed by atoms with Crippen LogP contribution in [0.4, 0.5) is 0 Å². The summed E-state index contributed by atoms with van der Waals surface area (Å²) in [6.07, 6.45) is 7.42. The van der Waals surface area contributed by atoms with Crippen molar-refractivity contribution in [3.63, 3.8) is 0 Å². The van der Waals surface area contributed by atoms with Gasteiger partial charge in [0.05, 0.1) is 17.8 Å². The molecule has 104 valence electrons. The molecule has 0 saturated heterocycles. The topological polar surface area (TPSA) is 81.2 Å². The zero-order valence-electron chi connectivity index (χ0n) is 11.5. The molecule has 0 fully saturated rings. The summed E-state index contributed by atoms with van der Waals surface area (Å²) >= 11 is 0. The van der Waals surface area contributed by atoms with Crippen molar-refractivity contribution in [1.82, 2.24) is 20.2 Å². The van der Waals surface area contributed by atoms with Crippen LogP contribution in [0.1, 0.15) is 5.56 Å². The Morgan fingerprint density at radius 3 is 2.55 bits per heavy atom. The fourth-order valence-electron chi connectivity index (χ4n) is 2.54. The first-order valence-corrected chi connectivity index (χ1v) is 6.82. The van der Waals surface area contributed by atoms with Crippen molar-refractivity contribution in [3.8, 4) is 28.3 Å². The van der Waals surface area contributed by atoms with Gasteiger partial charge in [-0.3, -0.25) is 5.10 Å². The Morgan fingerprint density at radius 1 is 0.955 bits per heavy atom. The number of rotatable bonds is 2. The van der Waals surface area contributed by atoms with Gasteiger partial charge in [-0.2, -0.15) is 10.4 Å². The van der Waals surface area contributed by atoms with Crippen molar-refractivity contribution in [3.05, 3.63) is 60.7 Å². The van der Waals surface area contributed by atoms with Gasteiger partial charge in [0.25, 0.3) is 0 Å². The summed E-state index contributed by atoms with van der Waals surface area (Å²) in [6, 6.07) is 11.7. The number of fused-ring (bicyclic) bond motifs is 1. The minimum Gasteiger partial charge on any atom is -0.346 e. The first kappa shape index (κ1) is 12.4. The third-order valence-corrected chi connectivity index (χ3v) is 3.69. The second-order valence-electron chi connectivity index (χ2n) is 5.00. The number of nitrogens with zero attached hydrogens (tertiary/aromatic N) is 3. The maximum absolute atomic E-state index is 8.88. The monoisotopic (exact) mass is 285 g/mol. The first-order valence-electron chi connectivity index (χ1n) is 6.82. The predicted octanol–water partition coefficient (Wildman–Crippen LogP) is 3.49. The minimum absolute atomic E-state index is 0.651. The number of pyridine rings is 1. The zero-order valence-corrected chi connectivity index (χ0v) is 11.5. The SMILES string of the molecule is N#Cc1ccc(-c2cnc3[nH]cc(-c4cn[nH]c4)c3c2)cc1. The fraction of sp³-hybridized carbons (Fsp3) is 0. The molecule has 4 rings (SSSR count). The highest BCUT2D eigenvalue weighted by atomic mass is 15.1. The predicted molar refractivity (Wildman–Crippen MR) is 83.8 cm³/mol. The second kappa shape index (κ2) is 4.86. The highest BCUT2D eigenvalue weighted by molar-refractivity contribution is 5.95. The molecule has 1 aromatic carbocycles. The van der Waals surface area contributed by atoms with E-state index in [4.69, 9.17) is 5.26 Å². The van der Waals surface area contributed by atoms with Gasteiger partial charge in [-0.15, -0.1) is 0 Å². The van der Waals surface area contributed by atoms with Crippen LogP contribution in [0.2, 0.25) is 0 Å². The molecule has 22 heavy (non-hydrogen) atoms. The van der Waals surface area contributed by atoms with Crippen LogP contribution in [0.25, 0.3) is 33.3 Å². The Kier molecular flexibility index (Phi) is 2.73. The van der Waals surface area contributed by atoms with Gasteiger partial charge in [-0.25, -0.2) is 4.98 Å². The summed E-state index contributed by atoms with van der Waals surface area (Å²) in [6.45, 7) is 0. The van der Waals surface area contributed by atoms with E-state index in [0.717, 1.165) is 33.3 Å². The maximum Gasteiger partial charge on any atom is 0.137 e. The number of nitrogens with one attached hydrogen (secondary N) is 2. The number of aromatic nitrogens is 4. The number of H-pyrrole nitrogens is 2. The molecule has 5 heteroatoms. The molecule has 0 radical (unpaired) electrons. The lowest BCUT2D eigenvalue weighted by atomic mass is 10.0. The van der Waals surface area contributed by atoms with E-state index in [2.05, 4.69) is 32.3 Å². The van der Waals surface area contributed by atoms with Crippen molar-refractivity contribution in [2.75, 3.05) is 0 Å². The Labute approximate surface area is 126 Å². The molecule has 0 saturated carbocycles. The van der Waals surface area contributed by atoms with Crippen LogP contribution in [-0.4, -0.2) is 20.2 Å². The van der Waals surface area contributed by atoms with Crippen molar-refractivity contribution in [2.24, 2.45) is 0 Å². The summed E-state index contributed by atoms with van der Waals surface area (Å²) in [4.78, 5) is 7.66. The van der Waals surface area contributed by atoms with Crippen molar-refractivity contribution >= 4 is 11.0 Å².